The highest BCUT2D eigenvalue weighted by Crippen LogP contribution is 2.30. The minimum Gasteiger partial charge on any atom is -0.493 e. The molecule has 1 amide bonds. The maximum Gasteiger partial charge on any atom is 0.338 e. The van der Waals surface area contributed by atoms with E-state index in [0.29, 0.717) is 23.7 Å². The van der Waals surface area contributed by atoms with Crippen LogP contribution >= 0.6 is 0 Å². The topological polar surface area (TPSA) is 73.9 Å². The Morgan fingerprint density at radius 1 is 1.14 bits per heavy atom. The first-order valence-corrected chi connectivity index (χ1v) is 9.47. The van der Waals surface area contributed by atoms with Crippen LogP contribution in [0.25, 0.3) is 0 Å². The molecule has 6 nitrogen and oxygen atoms in total. The van der Waals surface area contributed by atoms with Crippen molar-refractivity contribution >= 4 is 11.9 Å². The Labute approximate surface area is 164 Å². The van der Waals surface area contributed by atoms with Crippen LogP contribution in [0.15, 0.2) is 42.5 Å². The zero-order chi connectivity index (χ0) is 19.9. The molecule has 28 heavy (non-hydrogen) atoms. The lowest BCUT2D eigenvalue weighted by molar-refractivity contribution is -0.125. The van der Waals surface area contributed by atoms with Gasteiger partial charge in [-0.25, -0.2) is 4.79 Å². The van der Waals surface area contributed by atoms with E-state index in [2.05, 4.69) is 11.4 Å². The van der Waals surface area contributed by atoms with Crippen LogP contribution in [0.2, 0.25) is 0 Å². The highest BCUT2D eigenvalue weighted by atomic mass is 16.5. The van der Waals surface area contributed by atoms with E-state index < -0.39 is 5.97 Å². The standard InChI is InChI=1S/C22H25NO5/c1-3-27-20-13-16(11-12-19(20)26-2)22(25)28-14-21(24)23-18-10-6-8-15-7-4-5-9-17(15)18/h4-5,7,9,11-13,18H,3,6,8,10,14H2,1-2H3,(H,23,24)/t18-/m1/s1. The third-order valence-electron chi connectivity index (χ3n) is 4.74. The number of benzene rings is 2. The monoisotopic (exact) mass is 383 g/mol. The minimum atomic E-state index is -0.581. The van der Waals surface area contributed by atoms with Crippen molar-refractivity contribution in [1.29, 1.82) is 0 Å². The van der Waals surface area contributed by atoms with Gasteiger partial charge in [0.15, 0.2) is 18.1 Å². The molecule has 0 unspecified atom stereocenters. The summed E-state index contributed by atoms with van der Waals surface area (Å²) in [5, 5.41) is 2.97. The van der Waals surface area contributed by atoms with Gasteiger partial charge in [-0.05, 0) is 55.5 Å². The van der Waals surface area contributed by atoms with Crippen molar-refractivity contribution in [2.45, 2.75) is 32.2 Å². The molecule has 0 bridgehead atoms. The number of esters is 1. The van der Waals surface area contributed by atoms with Crippen LogP contribution in [0.4, 0.5) is 0 Å². The molecule has 0 radical (unpaired) electrons. The van der Waals surface area contributed by atoms with Crippen molar-refractivity contribution in [3.05, 3.63) is 59.2 Å². The molecule has 0 saturated carbocycles. The third-order valence-corrected chi connectivity index (χ3v) is 4.74. The molecule has 1 atom stereocenters. The van der Waals surface area contributed by atoms with Crippen LogP contribution in [0.1, 0.15) is 47.3 Å². The number of ether oxygens (including phenoxy) is 3. The normalized spacial score (nSPS) is 15.3. The Bertz CT molecular complexity index is 849. The van der Waals surface area contributed by atoms with Gasteiger partial charge in [-0.1, -0.05) is 24.3 Å². The van der Waals surface area contributed by atoms with Crippen molar-refractivity contribution in [2.24, 2.45) is 0 Å². The lowest BCUT2D eigenvalue weighted by Crippen LogP contribution is -2.34. The summed E-state index contributed by atoms with van der Waals surface area (Å²) in [5.41, 5.74) is 2.71. The number of rotatable bonds is 7. The van der Waals surface area contributed by atoms with Crippen LogP contribution in [-0.2, 0) is 16.0 Å². The summed E-state index contributed by atoms with van der Waals surface area (Å²) < 4.78 is 15.8. The van der Waals surface area contributed by atoms with Crippen LogP contribution in [-0.4, -0.2) is 32.2 Å². The molecule has 1 N–H and O–H groups in total. The van der Waals surface area contributed by atoms with E-state index in [1.165, 1.54) is 12.7 Å². The molecular weight excluding hydrogens is 358 g/mol. The van der Waals surface area contributed by atoms with Crippen LogP contribution < -0.4 is 14.8 Å². The van der Waals surface area contributed by atoms with Gasteiger partial charge < -0.3 is 19.5 Å². The SMILES string of the molecule is CCOc1cc(C(=O)OCC(=O)N[C@@H]2CCCc3ccccc32)ccc1OC. The number of carbonyl (C=O) groups is 2. The van der Waals surface area contributed by atoms with Gasteiger partial charge in [-0.2, -0.15) is 0 Å². The van der Waals surface area contributed by atoms with E-state index in [9.17, 15) is 9.59 Å². The Kier molecular flexibility index (Phi) is 6.53. The number of fused-ring (bicyclic) bond motifs is 1. The molecule has 0 heterocycles. The number of carbonyl (C=O) groups excluding carboxylic acids is 2. The van der Waals surface area contributed by atoms with E-state index in [-0.39, 0.29) is 18.6 Å². The van der Waals surface area contributed by atoms with Crippen LogP contribution in [0.3, 0.4) is 0 Å². The summed E-state index contributed by atoms with van der Waals surface area (Å²) >= 11 is 0. The van der Waals surface area contributed by atoms with E-state index >= 15 is 0 Å². The van der Waals surface area contributed by atoms with E-state index in [1.54, 1.807) is 18.2 Å². The molecule has 2 aromatic rings. The predicted octanol–water partition coefficient (Wildman–Crippen LogP) is 3.44. The second-order valence-electron chi connectivity index (χ2n) is 6.59. The number of methoxy groups -OCH3 is 1. The van der Waals surface area contributed by atoms with Gasteiger partial charge in [0.05, 0.1) is 25.3 Å². The molecule has 3 rings (SSSR count). The van der Waals surface area contributed by atoms with Crippen molar-refractivity contribution < 1.29 is 23.8 Å². The molecule has 0 aromatic heterocycles. The maximum absolute atomic E-state index is 12.3. The Hall–Kier alpha value is -3.02. The highest BCUT2D eigenvalue weighted by molar-refractivity contribution is 5.92. The Morgan fingerprint density at radius 3 is 2.75 bits per heavy atom. The van der Waals surface area contributed by atoms with Crippen molar-refractivity contribution in [3.63, 3.8) is 0 Å². The van der Waals surface area contributed by atoms with Gasteiger partial charge in [0, 0.05) is 0 Å². The first-order chi connectivity index (χ1) is 13.6. The minimum absolute atomic E-state index is 0.0401. The zero-order valence-electron chi connectivity index (χ0n) is 16.2. The fraction of sp³-hybridized carbons (Fsp3) is 0.364. The number of hydrogen-bond donors (Lipinski definition) is 1. The van der Waals surface area contributed by atoms with Gasteiger partial charge in [-0.15, -0.1) is 0 Å². The molecule has 0 aliphatic heterocycles. The second-order valence-corrected chi connectivity index (χ2v) is 6.59. The fourth-order valence-electron chi connectivity index (χ4n) is 3.43. The van der Waals surface area contributed by atoms with E-state index in [1.807, 2.05) is 25.1 Å². The molecular formula is C22H25NO5. The molecule has 0 spiro atoms. The summed E-state index contributed by atoms with van der Waals surface area (Å²) in [6.07, 6.45) is 2.93. The van der Waals surface area contributed by atoms with Gasteiger partial charge >= 0.3 is 5.97 Å². The maximum atomic E-state index is 12.3. The van der Waals surface area contributed by atoms with E-state index in [0.717, 1.165) is 24.8 Å². The van der Waals surface area contributed by atoms with Crippen LogP contribution in [0, 0.1) is 0 Å². The first-order valence-electron chi connectivity index (χ1n) is 9.47. The summed E-state index contributed by atoms with van der Waals surface area (Å²) in [7, 11) is 1.53. The Morgan fingerprint density at radius 2 is 1.96 bits per heavy atom. The largest absolute Gasteiger partial charge is 0.493 e. The number of nitrogens with one attached hydrogen (secondary N) is 1. The summed E-state index contributed by atoms with van der Waals surface area (Å²) in [5.74, 6) is 0.103. The fourth-order valence-corrected chi connectivity index (χ4v) is 3.43. The summed E-state index contributed by atoms with van der Waals surface area (Å²) in [6, 6.07) is 12.9. The molecule has 1 aliphatic carbocycles. The number of amides is 1. The molecule has 6 heteroatoms. The van der Waals surface area contributed by atoms with Crippen molar-refractivity contribution in [2.75, 3.05) is 20.3 Å². The van der Waals surface area contributed by atoms with Gasteiger partial charge in [0.1, 0.15) is 0 Å². The van der Waals surface area contributed by atoms with Gasteiger partial charge in [-0.3, -0.25) is 4.79 Å². The molecule has 0 saturated heterocycles. The van der Waals surface area contributed by atoms with Gasteiger partial charge in [0.25, 0.3) is 5.91 Å². The van der Waals surface area contributed by atoms with E-state index in [4.69, 9.17) is 14.2 Å². The average Bonchev–Trinajstić information content (AvgIpc) is 2.72. The third kappa shape index (κ3) is 4.63. The zero-order valence-corrected chi connectivity index (χ0v) is 16.2. The van der Waals surface area contributed by atoms with Crippen molar-refractivity contribution in [3.8, 4) is 11.5 Å². The number of hydrogen-bond acceptors (Lipinski definition) is 5. The molecule has 1 aliphatic rings. The molecule has 2 aromatic carbocycles. The Balaban J connectivity index is 1.58. The summed E-state index contributed by atoms with van der Waals surface area (Å²) in [6.45, 7) is 1.96. The number of aryl methyl sites for hydroxylation is 1. The quantitative estimate of drug-likeness (QED) is 0.742. The lowest BCUT2D eigenvalue weighted by Gasteiger charge is -2.26. The summed E-state index contributed by atoms with van der Waals surface area (Å²) in [4.78, 5) is 24.6. The van der Waals surface area contributed by atoms with Gasteiger partial charge in [0.2, 0.25) is 0 Å². The van der Waals surface area contributed by atoms with Crippen molar-refractivity contribution in [1.82, 2.24) is 5.32 Å². The average molecular weight is 383 g/mol. The lowest BCUT2D eigenvalue weighted by atomic mass is 9.88. The molecule has 0 fully saturated rings. The second kappa shape index (κ2) is 9.26. The first kappa shape index (κ1) is 19.7. The smallest absolute Gasteiger partial charge is 0.338 e. The highest BCUT2D eigenvalue weighted by Gasteiger charge is 2.22. The van der Waals surface area contributed by atoms with Crippen LogP contribution in [0.5, 0.6) is 11.5 Å². The predicted molar refractivity (Wildman–Crippen MR) is 105 cm³/mol. The molecule has 148 valence electrons.